The average Bonchev–Trinajstić information content (AvgIpc) is 2.66. The molecule has 1 aromatic carbocycles. The van der Waals surface area contributed by atoms with Gasteiger partial charge in [0.25, 0.3) is 5.69 Å². The van der Waals surface area contributed by atoms with E-state index in [1.807, 2.05) is 6.07 Å². The molecule has 3 rings (SSSR count). The number of nitro groups is 1. The summed E-state index contributed by atoms with van der Waals surface area (Å²) in [5.74, 6) is 0.289. The van der Waals surface area contributed by atoms with E-state index in [0.717, 1.165) is 24.0 Å². The lowest BCUT2D eigenvalue weighted by Gasteiger charge is -2.16. The van der Waals surface area contributed by atoms with Crippen molar-refractivity contribution in [2.45, 2.75) is 25.2 Å². The molecule has 0 saturated heterocycles. The monoisotopic (exact) mass is 243 g/mol. The van der Waals surface area contributed by atoms with E-state index in [-0.39, 0.29) is 16.5 Å². The number of rotatable bonds is 1. The Kier molecular flexibility index (Phi) is 2.44. The number of hydrogen-bond acceptors (Lipinski definition) is 4. The van der Waals surface area contributed by atoms with Crippen molar-refractivity contribution in [1.82, 2.24) is 4.90 Å². The summed E-state index contributed by atoms with van der Waals surface area (Å²) in [6.07, 6.45) is 4.76. The largest absolute Gasteiger partial charge is 0.310 e. The standard InChI is InChI=1S/C13H13N3O2/c14-8-15-6-5-11-12(16(17)18)4-3-9-1-2-10(7-15)13(9)11/h3-4,10H,1-2,5-7H2. The molecule has 1 unspecified atom stereocenters. The summed E-state index contributed by atoms with van der Waals surface area (Å²) in [6.45, 7) is 1.29. The fourth-order valence-electron chi connectivity index (χ4n) is 3.21. The Balaban J connectivity index is 2.14. The van der Waals surface area contributed by atoms with Crippen molar-refractivity contribution < 1.29 is 4.92 Å². The summed E-state index contributed by atoms with van der Waals surface area (Å²) in [6, 6.07) is 3.51. The first-order chi connectivity index (χ1) is 8.70. The molecule has 18 heavy (non-hydrogen) atoms. The number of benzene rings is 1. The van der Waals surface area contributed by atoms with Crippen molar-refractivity contribution >= 4 is 5.69 Å². The van der Waals surface area contributed by atoms with Crippen molar-refractivity contribution in [3.8, 4) is 6.19 Å². The molecule has 1 aliphatic carbocycles. The molecule has 1 atom stereocenters. The highest BCUT2D eigenvalue weighted by molar-refractivity contribution is 5.54. The maximum Gasteiger partial charge on any atom is 0.272 e. The van der Waals surface area contributed by atoms with Crippen molar-refractivity contribution in [2.24, 2.45) is 0 Å². The predicted molar refractivity (Wildman–Crippen MR) is 65.0 cm³/mol. The molecule has 92 valence electrons. The second-order valence-corrected chi connectivity index (χ2v) is 4.92. The van der Waals surface area contributed by atoms with Gasteiger partial charge in [-0.05, 0) is 30.4 Å². The number of nitriles is 1. The first-order valence-corrected chi connectivity index (χ1v) is 6.14. The van der Waals surface area contributed by atoms with Gasteiger partial charge in [0.1, 0.15) is 0 Å². The van der Waals surface area contributed by atoms with Gasteiger partial charge in [-0.2, -0.15) is 5.26 Å². The van der Waals surface area contributed by atoms with Crippen LogP contribution in [0, 0.1) is 21.6 Å². The minimum Gasteiger partial charge on any atom is -0.310 e. The first-order valence-electron chi connectivity index (χ1n) is 6.14. The number of hydrogen-bond donors (Lipinski definition) is 0. The number of aryl methyl sites for hydroxylation is 1. The SMILES string of the molecule is N#CN1CCc2c([N+](=O)[O-])ccc3c2C(CC3)C1. The molecule has 1 aromatic rings. The van der Waals surface area contributed by atoms with E-state index in [0.29, 0.717) is 19.5 Å². The predicted octanol–water partition coefficient (Wildman–Crippen LogP) is 1.96. The van der Waals surface area contributed by atoms with Gasteiger partial charge in [-0.25, -0.2) is 0 Å². The molecule has 0 amide bonds. The molecule has 1 aliphatic heterocycles. The Morgan fingerprint density at radius 2 is 2.28 bits per heavy atom. The molecule has 0 spiro atoms. The van der Waals surface area contributed by atoms with Crippen LogP contribution in [0.4, 0.5) is 5.69 Å². The van der Waals surface area contributed by atoms with Crippen LogP contribution < -0.4 is 0 Å². The molecular weight excluding hydrogens is 230 g/mol. The highest BCUT2D eigenvalue weighted by Gasteiger charge is 2.33. The van der Waals surface area contributed by atoms with Crippen molar-refractivity contribution in [3.05, 3.63) is 38.9 Å². The molecule has 0 N–H and O–H groups in total. The van der Waals surface area contributed by atoms with Gasteiger partial charge in [-0.15, -0.1) is 0 Å². The fourth-order valence-corrected chi connectivity index (χ4v) is 3.21. The molecule has 0 aromatic heterocycles. The average molecular weight is 243 g/mol. The lowest BCUT2D eigenvalue weighted by atomic mass is 9.94. The molecule has 5 heteroatoms. The van der Waals surface area contributed by atoms with Crippen LogP contribution in [0.15, 0.2) is 12.1 Å². The van der Waals surface area contributed by atoms with E-state index < -0.39 is 0 Å². The smallest absolute Gasteiger partial charge is 0.272 e. The van der Waals surface area contributed by atoms with E-state index in [2.05, 4.69) is 6.19 Å². The maximum atomic E-state index is 11.1. The van der Waals surface area contributed by atoms with Crippen LogP contribution in [0.5, 0.6) is 0 Å². The highest BCUT2D eigenvalue weighted by atomic mass is 16.6. The third-order valence-corrected chi connectivity index (χ3v) is 4.00. The third kappa shape index (κ3) is 1.53. The van der Waals surface area contributed by atoms with Crippen LogP contribution in [-0.4, -0.2) is 22.9 Å². The van der Waals surface area contributed by atoms with E-state index in [4.69, 9.17) is 5.26 Å². The van der Waals surface area contributed by atoms with Crippen LogP contribution >= 0.6 is 0 Å². The first kappa shape index (κ1) is 11.0. The molecule has 2 aliphatic rings. The highest BCUT2D eigenvalue weighted by Crippen LogP contribution is 2.41. The Labute approximate surface area is 105 Å². The number of nitrogens with zero attached hydrogens (tertiary/aromatic N) is 3. The second kappa shape index (κ2) is 3.98. The lowest BCUT2D eigenvalue weighted by Crippen LogP contribution is -2.22. The van der Waals surface area contributed by atoms with Gasteiger partial charge < -0.3 is 4.90 Å². The van der Waals surface area contributed by atoms with Gasteiger partial charge in [0.15, 0.2) is 6.19 Å². The molecule has 0 saturated carbocycles. The van der Waals surface area contributed by atoms with Gasteiger partial charge in [-0.3, -0.25) is 10.1 Å². The Morgan fingerprint density at radius 1 is 1.44 bits per heavy atom. The molecule has 1 heterocycles. The summed E-state index contributed by atoms with van der Waals surface area (Å²) in [5, 5.41) is 20.1. The van der Waals surface area contributed by atoms with Crippen LogP contribution in [0.3, 0.4) is 0 Å². The molecular formula is C13H13N3O2. The third-order valence-electron chi connectivity index (χ3n) is 4.00. The van der Waals surface area contributed by atoms with Gasteiger partial charge >= 0.3 is 0 Å². The Bertz CT molecular complexity index is 562. The normalized spacial score (nSPS) is 21.1. The summed E-state index contributed by atoms with van der Waals surface area (Å²) >= 11 is 0. The number of nitro benzene ring substituents is 1. The lowest BCUT2D eigenvalue weighted by molar-refractivity contribution is -0.385. The van der Waals surface area contributed by atoms with Crippen LogP contribution in [0.1, 0.15) is 29.0 Å². The summed E-state index contributed by atoms with van der Waals surface area (Å²) < 4.78 is 0. The minimum absolute atomic E-state index is 0.223. The quantitative estimate of drug-likeness (QED) is 0.429. The van der Waals surface area contributed by atoms with Gasteiger partial charge in [-0.1, -0.05) is 6.07 Å². The van der Waals surface area contributed by atoms with Gasteiger partial charge in [0, 0.05) is 30.6 Å². The Morgan fingerprint density at radius 3 is 3.00 bits per heavy atom. The fraction of sp³-hybridized carbons (Fsp3) is 0.462. The molecule has 0 fully saturated rings. The van der Waals surface area contributed by atoms with Crippen LogP contribution in [0.25, 0.3) is 0 Å². The minimum atomic E-state index is -0.299. The van der Waals surface area contributed by atoms with Crippen LogP contribution in [0.2, 0.25) is 0 Å². The van der Waals surface area contributed by atoms with Crippen LogP contribution in [-0.2, 0) is 12.8 Å². The van der Waals surface area contributed by atoms with E-state index in [1.54, 1.807) is 11.0 Å². The van der Waals surface area contributed by atoms with Gasteiger partial charge in [0.2, 0.25) is 0 Å². The van der Waals surface area contributed by atoms with E-state index in [9.17, 15) is 10.1 Å². The summed E-state index contributed by atoms with van der Waals surface area (Å²) in [5.41, 5.74) is 3.47. The van der Waals surface area contributed by atoms with Crippen molar-refractivity contribution in [3.63, 3.8) is 0 Å². The van der Waals surface area contributed by atoms with E-state index in [1.165, 1.54) is 5.56 Å². The topological polar surface area (TPSA) is 70.2 Å². The second-order valence-electron chi connectivity index (χ2n) is 4.92. The van der Waals surface area contributed by atoms with Gasteiger partial charge in [0.05, 0.1) is 4.92 Å². The molecule has 0 radical (unpaired) electrons. The van der Waals surface area contributed by atoms with Crippen molar-refractivity contribution in [2.75, 3.05) is 13.1 Å². The zero-order valence-corrected chi connectivity index (χ0v) is 9.93. The van der Waals surface area contributed by atoms with E-state index >= 15 is 0 Å². The molecule has 0 bridgehead atoms. The zero-order chi connectivity index (χ0) is 12.7. The summed E-state index contributed by atoms with van der Waals surface area (Å²) in [7, 11) is 0. The zero-order valence-electron chi connectivity index (χ0n) is 9.93. The van der Waals surface area contributed by atoms with Crippen molar-refractivity contribution in [1.29, 1.82) is 5.26 Å². The summed E-state index contributed by atoms with van der Waals surface area (Å²) in [4.78, 5) is 12.5. The molecule has 5 nitrogen and oxygen atoms in total. The Hall–Kier alpha value is -2.09. The maximum absolute atomic E-state index is 11.1.